The summed E-state index contributed by atoms with van der Waals surface area (Å²) in [5.74, 6) is 0.822. The van der Waals surface area contributed by atoms with Gasteiger partial charge in [-0.15, -0.1) is 22.7 Å². The first-order chi connectivity index (χ1) is 19.6. The minimum absolute atomic E-state index is 0.307. The molecule has 2 amide bonds. The van der Waals surface area contributed by atoms with Crippen molar-refractivity contribution in [3.8, 4) is 10.4 Å². The Hall–Kier alpha value is -3.87. The van der Waals surface area contributed by atoms with Crippen molar-refractivity contribution in [3.63, 3.8) is 0 Å². The molecule has 0 bridgehead atoms. The number of likely N-dealkylation sites (tertiary alicyclic amines) is 1. The van der Waals surface area contributed by atoms with Crippen LogP contribution in [0.2, 0.25) is 0 Å². The highest BCUT2D eigenvalue weighted by atomic mass is 32.1. The standard InChI is InChI=1S/C28H31N9OS2/c1-19-5-4-6-21(13-19)34-27(38)35-28-30-16-22(39-28)7-8-29-26-25-23(31-18-32-26)14-24(40-25)20-15-33-37(17-20)12-11-36-9-2-3-10-36/h4-6,13-18H,2-3,7-12H2,1H3,(H,29,31,32)(H2,30,34,35,38). The SMILES string of the molecule is Cc1cccc(NC(=O)Nc2ncc(CCNc3ncnc4cc(-c5cnn(CCN6CCCC6)c5)sc34)s2)c1. The number of carbonyl (C=O) groups is 1. The third kappa shape index (κ3) is 6.46. The molecule has 6 rings (SSSR count). The van der Waals surface area contributed by atoms with E-state index in [1.165, 1.54) is 37.3 Å². The maximum absolute atomic E-state index is 12.3. The molecule has 1 aromatic carbocycles. The normalized spacial score (nSPS) is 13.6. The highest BCUT2D eigenvalue weighted by molar-refractivity contribution is 7.22. The third-order valence-corrected chi connectivity index (χ3v) is 8.94. The second-order valence-electron chi connectivity index (χ2n) is 9.85. The Morgan fingerprint density at radius 2 is 1.93 bits per heavy atom. The first-order valence-electron chi connectivity index (χ1n) is 13.4. The van der Waals surface area contributed by atoms with Crippen molar-refractivity contribution in [1.82, 2.24) is 29.6 Å². The lowest BCUT2D eigenvalue weighted by Gasteiger charge is -2.13. The molecule has 0 aliphatic carbocycles. The predicted molar refractivity (Wildman–Crippen MR) is 162 cm³/mol. The number of rotatable bonds is 10. The van der Waals surface area contributed by atoms with Crippen molar-refractivity contribution in [3.05, 3.63) is 65.7 Å². The number of fused-ring (bicyclic) bond motifs is 1. The third-order valence-electron chi connectivity index (χ3n) is 6.79. The van der Waals surface area contributed by atoms with E-state index < -0.39 is 0 Å². The van der Waals surface area contributed by atoms with Gasteiger partial charge in [0.2, 0.25) is 0 Å². The number of thiazole rings is 1. The van der Waals surface area contributed by atoms with Crippen LogP contribution in [0.15, 0.2) is 55.2 Å². The molecule has 40 heavy (non-hydrogen) atoms. The van der Waals surface area contributed by atoms with Gasteiger partial charge >= 0.3 is 6.03 Å². The Balaban J connectivity index is 1.03. The summed E-state index contributed by atoms with van der Waals surface area (Å²) >= 11 is 3.14. The second-order valence-corrected chi connectivity index (χ2v) is 12.0. The number of nitrogens with zero attached hydrogens (tertiary/aromatic N) is 6. The van der Waals surface area contributed by atoms with E-state index in [0.717, 1.165) is 62.1 Å². The van der Waals surface area contributed by atoms with Gasteiger partial charge in [0.15, 0.2) is 5.13 Å². The fourth-order valence-electron chi connectivity index (χ4n) is 4.75. The molecule has 1 fully saturated rings. The van der Waals surface area contributed by atoms with Gasteiger partial charge in [0.25, 0.3) is 0 Å². The Labute approximate surface area is 240 Å². The van der Waals surface area contributed by atoms with Crippen LogP contribution in [0, 0.1) is 6.92 Å². The van der Waals surface area contributed by atoms with E-state index in [9.17, 15) is 4.79 Å². The summed E-state index contributed by atoms with van der Waals surface area (Å²) in [5.41, 5.74) is 3.86. The number of hydrogen-bond donors (Lipinski definition) is 3. The maximum Gasteiger partial charge on any atom is 0.325 e. The van der Waals surface area contributed by atoms with Gasteiger partial charge in [-0.05, 0) is 56.6 Å². The molecule has 12 heteroatoms. The van der Waals surface area contributed by atoms with Crippen molar-refractivity contribution in [2.45, 2.75) is 32.7 Å². The van der Waals surface area contributed by atoms with E-state index in [4.69, 9.17) is 0 Å². The lowest BCUT2D eigenvalue weighted by atomic mass is 10.2. The van der Waals surface area contributed by atoms with Crippen LogP contribution in [0.1, 0.15) is 23.3 Å². The predicted octanol–water partition coefficient (Wildman–Crippen LogP) is 5.71. The van der Waals surface area contributed by atoms with Gasteiger partial charge in [0.1, 0.15) is 12.1 Å². The molecule has 0 unspecified atom stereocenters. The fraction of sp³-hybridized carbons (Fsp3) is 0.321. The smallest absolute Gasteiger partial charge is 0.325 e. The van der Waals surface area contributed by atoms with E-state index in [1.807, 2.05) is 42.1 Å². The zero-order valence-electron chi connectivity index (χ0n) is 22.3. The van der Waals surface area contributed by atoms with Gasteiger partial charge in [0, 0.05) is 52.9 Å². The van der Waals surface area contributed by atoms with E-state index in [-0.39, 0.29) is 6.03 Å². The van der Waals surface area contributed by atoms with Gasteiger partial charge in [-0.25, -0.2) is 19.7 Å². The van der Waals surface area contributed by atoms with E-state index >= 15 is 0 Å². The Morgan fingerprint density at radius 3 is 2.80 bits per heavy atom. The molecule has 3 N–H and O–H groups in total. The van der Waals surface area contributed by atoms with E-state index in [0.29, 0.717) is 11.7 Å². The van der Waals surface area contributed by atoms with Crippen LogP contribution in [0.5, 0.6) is 0 Å². The van der Waals surface area contributed by atoms with Crippen LogP contribution in [-0.4, -0.2) is 61.8 Å². The molecular formula is C28H31N9OS2. The van der Waals surface area contributed by atoms with Crippen molar-refractivity contribution in [2.75, 3.05) is 42.1 Å². The van der Waals surface area contributed by atoms with Gasteiger partial charge in [-0.2, -0.15) is 5.10 Å². The molecule has 1 saturated heterocycles. The Morgan fingerprint density at radius 1 is 1.02 bits per heavy atom. The molecule has 0 radical (unpaired) electrons. The molecule has 1 aliphatic rings. The minimum Gasteiger partial charge on any atom is -0.368 e. The van der Waals surface area contributed by atoms with Crippen molar-refractivity contribution < 1.29 is 4.79 Å². The minimum atomic E-state index is -0.307. The number of amides is 2. The number of urea groups is 1. The summed E-state index contributed by atoms with van der Waals surface area (Å²) in [6, 6.07) is 9.47. The molecule has 5 heterocycles. The van der Waals surface area contributed by atoms with Crippen LogP contribution in [0.3, 0.4) is 0 Å². The summed E-state index contributed by atoms with van der Waals surface area (Å²) in [4.78, 5) is 30.4. The van der Waals surface area contributed by atoms with Crippen LogP contribution >= 0.6 is 22.7 Å². The molecule has 4 aromatic heterocycles. The summed E-state index contributed by atoms with van der Waals surface area (Å²) < 4.78 is 3.06. The molecule has 10 nitrogen and oxygen atoms in total. The maximum atomic E-state index is 12.3. The number of hydrogen-bond acceptors (Lipinski definition) is 9. The molecule has 0 saturated carbocycles. The van der Waals surface area contributed by atoms with Crippen LogP contribution in [0.4, 0.5) is 21.4 Å². The molecule has 206 valence electrons. The van der Waals surface area contributed by atoms with Gasteiger partial charge in [0.05, 0.1) is 23.0 Å². The number of aryl methyl sites for hydroxylation is 1. The second kappa shape index (κ2) is 12.1. The van der Waals surface area contributed by atoms with Crippen LogP contribution < -0.4 is 16.0 Å². The quantitative estimate of drug-likeness (QED) is 0.196. The van der Waals surface area contributed by atoms with Gasteiger partial charge in [-0.1, -0.05) is 12.1 Å². The molecular weight excluding hydrogens is 543 g/mol. The fourth-order valence-corrected chi connectivity index (χ4v) is 6.61. The number of thiophene rings is 1. The van der Waals surface area contributed by atoms with E-state index in [2.05, 4.69) is 53.2 Å². The van der Waals surface area contributed by atoms with Gasteiger partial charge in [-0.3, -0.25) is 10.00 Å². The largest absolute Gasteiger partial charge is 0.368 e. The summed E-state index contributed by atoms with van der Waals surface area (Å²) in [5, 5.41) is 14.3. The van der Waals surface area contributed by atoms with E-state index in [1.54, 1.807) is 23.9 Å². The Bertz CT molecular complexity index is 1600. The topological polar surface area (TPSA) is 113 Å². The zero-order valence-corrected chi connectivity index (χ0v) is 23.9. The summed E-state index contributed by atoms with van der Waals surface area (Å²) in [6.45, 7) is 7.03. The number of benzene rings is 1. The average molecular weight is 574 g/mol. The summed E-state index contributed by atoms with van der Waals surface area (Å²) in [7, 11) is 0. The summed E-state index contributed by atoms with van der Waals surface area (Å²) in [6.07, 6.45) is 10.8. The monoisotopic (exact) mass is 573 g/mol. The van der Waals surface area contributed by atoms with Crippen LogP contribution in [-0.2, 0) is 13.0 Å². The number of nitrogens with one attached hydrogen (secondary N) is 3. The highest BCUT2D eigenvalue weighted by Gasteiger charge is 2.14. The molecule has 0 spiro atoms. The Kier molecular flexibility index (Phi) is 7.98. The number of anilines is 3. The zero-order chi connectivity index (χ0) is 27.3. The lowest BCUT2D eigenvalue weighted by Crippen LogP contribution is -2.24. The molecule has 5 aromatic rings. The average Bonchev–Trinajstić information content (AvgIpc) is 3.75. The first kappa shape index (κ1) is 26.4. The number of aromatic nitrogens is 5. The van der Waals surface area contributed by atoms with Gasteiger partial charge < -0.3 is 15.5 Å². The number of carbonyl (C=O) groups excluding carboxylic acids is 1. The van der Waals surface area contributed by atoms with Crippen molar-refractivity contribution in [2.24, 2.45) is 0 Å². The highest BCUT2D eigenvalue weighted by Crippen LogP contribution is 2.35. The lowest BCUT2D eigenvalue weighted by molar-refractivity contribution is 0.262. The molecule has 1 aliphatic heterocycles. The molecule has 0 atom stereocenters. The van der Waals surface area contributed by atoms with Crippen molar-refractivity contribution >= 4 is 55.6 Å². The van der Waals surface area contributed by atoms with Crippen molar-refractivity contribution in [1.29, 1.82) is 0 Å². The first-order valence-corrected chi connectivity index (χ1v) is 15.1. The van der Waals surface area contributed by atoms with Crippen LogP contribution in [0.25, 0.3) is 20.7 Å².